The van der Waals surface area contributed by atoms with Gasteiger partial charge in [-0.25, -0.2) is 8.78 Å². The molecule has 0 amide bonds. The lowest BCUT2D eigenvalue weighted by atomic mass is 9.94. The van der Waals surface area contributed by atoms with Crippen molar-refractivity contribution in [2.45, 2.75) is 43.3 Å². The number of aromatic nitrogens is 1. The predicted octanol–water partition coefficient (Wildman–Crippen LogP) is 3.44. The molecule has 1 spiro atoms. The summed E-state index contributed by atoms with van der Waals surface area (Å²) in [6.45, 7) is 3.70. The molecule has 3 aliphatic rings. The number of fused-ring (bicyclic) bond motifs is 1. The van der Waals surface area contributed by atoms with Gasteiger partial charge in [0.15, 0.2) is 0 Å². The molecule has 2 aromatic carbocycles. The van der Waals surface area contributed by atoms with E-state index in [0.717, 1.165) is 48.8 Å². The number of rotatable bonds is 6. The van der Waals surface area contributed by atoms with Crippen LogP contribution in [0.25, 0.3) is 10.9 Å². The summed E-state index contributed by atoms with van der Waals surface area (Å²) in [5, 5.41) is 4.48. The van der Waals surface area contributed by atoms with Gasteiger partial charge in [-0.15, -0.1) is 0 Å². The Morgan fingerprint density at radius 2 is 1.91 bits per heavy atom. The second kappa shape index (κ2) is 7.92. The van der Waals surface area contributed by atoms with Crippen molar-refractivity contribution in [3.8, 4) is 5.75 Å². The number of nitrogens with one attached hydrogen (secondary N) is 1. The highest BCUT2D eigenvalue weighted by molar-refractivity contribution is 5.86. The van der Waals surface area contributed by atoms with Gasteiger partial charge < -0.3 is 14.6 Å². The molecule has 5 nitrogen and oxygen atoms in total. The van der Waals surface area contributed by atoms with Crippen LogP contribution in [0.4, 0.5) is 8.78 Å². The number of piperidine rings is 1. The molecule has 0 radical (unpaired) electrons. The minimum absolute atomic E-state index is 0.0414. The Labute approximate surface area is 191 Å². The molecule has 172 valence electrons. The van der Waals surface area contributed by atoms with Crippen LogP contribution in [0, 0.1) is 11.6 Å². The van der Waals surface area contributed by atoms with Crippen molar-refractivity contribution in [2.75, 3.05) is 26.2 Å². The number of likely N-dealkylation sites (tertiary alicyclic amines) is 1. The Morgan fingerprint density at radius 3 is 2.73 bits per heavy atom. The third-order valence-corrected chi connectivity index (χ3v) is 7.64. The van der Waals surface area contributed by atoms with Crippen molar-refractivity contribution >= 4 is 10.9 Å². The van der Waals surface area contributed by atoms with E-state index in [1.54, 1.807) is 34.9 Å². The minimum Gasteiger partial charge on any atom is -0.492 e. The molecule has 1 saturated heterocycles. The Balaban J connectivity index is 1.05. The summed E-state index contributed by atoms with van der Waals surface area (Å²) >= 11 is 0. The summed E-state index contributed by atoms with van der Waals surface area (Å²) in [4.78, 5) is 15.0. The van der Waals surface area contributed by atoms with Crippen LogP contribution >= 0.6 is 0 Å². The van der Waals surface area contributed by atoms with Gasteiger partial charge in [-0.1, -0.05) is 6.07 Å². The van der Waals surface area contributed by atoms with Gasteiger partial charge in [0, 0.05) is 48.3 Å². The second-order valence-electron chi connectivity index (χ2n) is 9.56. The molecule has 3 aromatic rings. The number of ether oxygens (including phenoxy) is 1. The van der Waals surface area contributed by atoms with Crippen molar-refractivity contribution in [1.29, 1.82) is 0 Å². The maximum Gasteiger partial charge on any atom is 0.251 e. The highest BCUT2D eigenvalue weighted by Crippen LogP contribution is 2.58. The highest BCUT2D eigenvalue weighted by atomic mass is 19.1. The van der Waals surface area contributed by atoms with Crippen LogP contribution in [0.3, 0.4) is 0 Å². The Kier molecular flexibility index (Phi) is 4.99. The molecule has 6 rings (SSSR count). The average Bonchev–Trinajstić information content (AvgIpc) is 3.41. The number of pyridine rings is 1. The van der Waals surface area contributed by atoms with Gasteiger partial charge in [-0.05, 0) is 68.1 Å². The summed E-state index contributed by atoms with van der Waals surface area (Å²) in [6.07, 6.45) is 2.95. The average molecular weight is 452 g/mol. The molecular weight excluding hydrogens is 424 g/mol. The number of hydrogen-bond donors (Lipinski definition) is 1. The zero-order valence-corrected chi connectivity index (χ0v) is 18.4. The SMILES string of the molecule is O=c1ccc2ccc(F)c3c2n1C[C@@]31C[C@H]1N1CCC(NCCOc2cccc(F)c2)CC1. The Hall–Kier alpha value is -2.77. The molecule has 2 fully saturated rings. The molecule has 2 aliphatic heterocycles. The second-order valence-corrected chi connectivity index (χ2v) is 9.56. The molecule has 33 heavy (non-hydrogen) atoms. The van der Waals surface area contributed by atoms with E-state index >= 15 is 0 Å². The number of halogens is 2. The van der Waals surface area contributed by atoms with E-state index in [2.05, 4.69) is 10.2 Å². The maximum atomic E-state index is 15.0. The summed E-state index contributed by atoms with van der Waals surface area (Å²) < 4.78 is 35.6. The zero-order valence-electron chi connectivity index (χ0n) is 18.4. The quantitative estimate of drug-likeness (QED) is 0.584. The van der Waals surface area contributed by atoms with Crippen LogP contribution in [0.5, 0.6) is 5.75 Å². The minimum atomic E-state index is -0.294. The Bertz CT molecular complexity index is 1270. The van der Waals surface area contributed by atoms with E-state index in [0.29, 0.717) is 31.5 Å². The van der Waals surface area contributed by atoms with Crippen LogP contribution in [0.2, 0.25) is 0 Å². The fraction of sp³-hybridized carbons (Fsp3) is 0.423. The van der Waals surface area contributed by atoms with Crippen molar-refractivity contribution in [2.24, 2.45) is 0 Å². The fourth-order valence-corrected chi connectivity index (χ4v) is 5.97. The van der Waals surface area contributed by atoms with E-state index in [-0.39, 0.29) is 28.7 Å². The lowest BCUT2D eigenvalue weighted by Crippen LogP contribution is -2.45. The van der Waals surface area contributed by atoms with Crippen LogP contribution < -0.4 is 15.6 Å². The summed E-state index contributed by atoms with van der Waals surface area (Å²) in [5.74, 6) is 0.0679. The number of nitrogens with zero attached hydrogens (tertiary/aromatic N) is 2. The topological polar surface area (TPSA) is 46.5 Å². The predicted molar refractivity (Wildman–Crippen MR) is 123 cm³/mol. The molecule has 1 aromatic heterocycles. The molecule has 3 heterocycles. The molecule has 0 bridgehead atoms. The summed E-state index contributed by atoms with van der Waals surface area (Å²) in [5.41, 5.74) is 1.23. The van der Waals surface area contributed by atoms with E-state index in [1.165, 1.54) is 12.1 Å². The monoisotopic (exact) mass is 451 g/mol. The summed E-state index contributed by atoms with van der Waals surface area (Å²) in [7, 11) is 0. The van der Waals surface area contributed by atoms with E-state index in [4.69, 9.17) is 4.74 Å². The fourth-order valence-electron chi connectivity index (χ4n) is 5.97. The van der Waals surface area contributed by atoms with Gasteiger partial charge in [0.05, 0.1) is 5.52 Å². The standard InChI is InChI=1S/C26H27F2N3O2/c27-18-2-1-3-20(14-18)33-13-10-29-19-8-11-30(12-9-19)22-15-26(22)16-31-23(32)7-5-17-4-6-21(28)24(26)25(17)31/h1-7,14,19,22,29H,8-13,15-16H2/t22-,26-/m1/s1. The first-order valence-electron chi connectivity index (χ1n) is 11.7. The molecule has 2 atom stereocenters. The van der Waals surface area contributed by atoms with Gasteiger partial charge in [-0.2, -0.15) is 0 Å². The van der Waals surface area contributed by atoms with Crippen molar-refractivity contribution in [3.05, 3.63) is 76.1 Å². The molecule has 1 saturated carbocycles. The van der Waals surface area contributed by atoms with E-state index in [9.17, 15) is 13.6 Å². The van der Waals surface area contributed by atoms with Gasteiger partial charge >= 0.3 is 0 Å². The lowest BCUT2D eigenvalue weighted by molar-refractivity contribution is 0.172. The van der Waals surface area contributed by atoms with Crippen LogP contribution in [0.15, 0.2) is 53.3 Å². The normalized spacial score (nSPS) is 24.6. The molecular formula is C26H27F2N3O2. The first kappa shape index (κ1) is 20.8. The van der Waals surface area contributed by atoms with Gasteiger partial charge in [-0.3, -0.25) is 9.69 Å². The van der Waals surface area contributed by atoms with Crippen molar-refractivity contribution in [3.63, 3.8) is 0 Å². The van der Waals surface area contributed by atoms with Gasteiger partial charge in [0.25, 0.3) is 5.56 Å². The van der Waals surface area contributed by atoms with Gasteiger partial charge in [0.2, 0.25) is 0 Å². The zero-order chi connectivity index (χ0) is 22.6. The van der Waals surface area contributed by atoms with Crippen molar-refractivity contribution in [1.82, 2.24) is 14.8 Å². The molecule has 7 heteroatoms. The lowest BCUT2D eigenvalue weighted by Gasteiger charge is -2.34. The summed E-state index contributed by atoms with van der Waals surface area (Å²) in [6, 6.07) is 13.6. The van der Waals surface area contributed by atoms with Crippen LogP contribution in [0.1, 0.15) is 24.8 Å². The first-order chi connectivity index (χ1) is 16.0. The van der Waals surface area contributed by atoms with Crippen molar-refractivity contribution < 1.29 is 13.5 Å². The van der Waals surface area contributed by atoms with Crippen LogP contribution in [-0.4, -0.2) is 47.8 Å². The van der Waals surface area contributed by atoms with E-state index in [1.807, 2.05) is 6.07 Å². The number of hydrogen-bond acceptors (Lipinski definition) is 4. The largest absolute Gasteiger partial charge is 0.492 e. The van der Waals surface area contributed by atoms with Gasteiger partial charge in [0.1, 0.15) is 24.0 Å². The molecule has 0 unspecified atom stereocenters. The molecule has 1 N–H and O–H groups in total. The third-order valence-electron chi connectivity index (χ3n) is 7.64. The van der Waals surface area contributed by atoms with Crippen LogP contribution in [-0.2, 0) is 12.0 Å². The Morgan fingerprint density at radius 1 is 1.09 bits per heavy atom. The molecule has 1 aliphatic carbocycles. The van der Waals surface area contributed by atoms with E-state index < -0.39 is 0 Å². The smallest absolute Gasteiger partial charge is 0.251 e. The maximum absolute atomic E-state index is 15.0. The third kappa shape index (κ3) is 3.54. The number of benzene rings is 2. The highest BCUT2D eigenvalue weighted by Gasteiger charge is 2.62. The first-order valence-corrected chi connectivity index (χ1v) is 11.7.